The molecule has 0 aliphatic heterocycles. The monoisotopic (exact) mass is 158 g/mol. The summed E-state index contributed by atoms with van der Waals surface area (Å²) in [5.41, 5.74) is 1.14. The third-order valence-electron chi connectivity index (χ3n) is 1.35. The molecular weight excluding hydrogens is 148 g/mol. The topological polar surface area (TPSA) is 9.23 Å². The first-order chi connectivity index (χ1) is 5.93. The fourth-order valence-electron chi connectivity index (χ4n) is 0.806. The molecule has 1 aromatic carbocycles. The zero-order valence-electron chi connectivity index (χ0n) is 6.73. The normalized spacial score (nSPS) is 9.58. The van der Waals surface area contributed by atoms with Gasteiger partial charge < -0.3 is 4.74 Å². The molecule has 0 saturated carbocycles. The van der Waals surface area contributed by atoms with Gasteiger partial charge in [0, 0.05) is 6.08 Å². The van der Waals surface area contributed by atoms with E-state index in [0.29, 0.717) is 6.61 Å². The molecule has 0 bridgehead atoms. The predicted molar refractivity (Wildman–Crippen MR) is 49.2 cm³/mol. The second kappa shape index (κ2) is 5.03. The zero-order chi connectivity index (χ0) is 8.65. The molecule has 0 aliphatic carbocycles. The van der Waals surface area contributed by atoms with Gasteiger partial charge >= 0.3 is 0 Å². The minimum Gasteiger partial charge on any atom is -0.496 e. The summed E-state index contributed by atoms with van der Waals surface area (Å²) >= 11 is 0. The van der Waals surface area contributed by atoms with Crippen LogP contribution in [0.2, 0.25) is 0 Å². The maximum Gasteiger partial charge on any atom is 0.112 e. The first-order valence-electron chi connectivity index (χ1n) is 3.70. The molecule has 1 nitrogen and oxygen atoms in total. The molecule has 1 heteroatoms. The Bertz CT molecular complexity index is 280. The Hall–Kier alpha value is -1.68. The summed E-state index contributed by atoms with van der Waals surface area (Å²) in [6.45, 7) is 0.568. The summed E-state index contributed by atoms with van der Waals surface area (Å²) in [4.78, 5) is 0. The van der Waals surface area contributed by atoms with Crippen molar-refractivity contribution in [1.29, 1.82) is 0 Å². The Morgan fingerprint density at radius 3 is 2.75 bits per heavy atom. The van der Waals surface area contributed by atoms with Gasteiger partial charge in [0.15, 0.2) is 0 Å². The van der Waals surface area contributed by atoms with Crippen LogP contribution in [0.4, 0.5) is 0 Å². The van der Waals surface area contributed by atoms with Crippen molar-refractivity contribution < 1.29 is 4.74 Å². The van der Waals surface area contributed by atoms with Crippen LogP contribution in [0.1, 0.15) is 5.56 Å². The van der Waals surface area contributed by atoms with Crippen LogP contribution >= 0.6 is 0 Å². The van der Waals surface area contributed by atoms with E-state index in [4.69, 9.17) is 11.2 Å². The Morgan fingerprint density at radius 1 is 1.33 bits per heavy atom. The Morgan fingerprint density at radius 2 is 2.08 bits per heavy atom. The maximum atomic E-state index is 5.14. The van der Waals surface area contributed by atoms with Gasteiger partial charge in [-0.25, -0.2) is 0 Å². The summed E-state index contributed by atoms with van der Waals surface area (Å²) in [5.74, 6) is 2.35. The van der Waals surface area contributed by atoms with Gasteiger partial charge in [0.2, 0.25) is 0 Å². The lowest BCUT2D eigenvalue weighted by molar-refractivity contribution is 0.236. The molecule has 0 spiro atoms. The van der Waals surface area contributed by atoms with Crippen LogP contribution < -0.4 is 0 Å². The lowest BCUT2D eigenvalue weighted by Gasteiger charge is -1.98. The van der Waals surface area contributed by atoms with Crippen molar-refractivity contribution in [3.05, 3.63) is 48.2 Å². The first kappa shape index (κ1) is 8.42. The Balaban J connectivity index is 2.35. The van der Waals surface area contributed by atoms with Crippen LogP contribution in [0.25, 0.3) is 0 Å². The number of allylic oxidation sites excluding steroid dienone is 1. The predicted octanol–water partition coefficient (Wildman–Crippen LogP) is 2.35. The molecule has 12 heavy (non-hydrogen) atoms. The van der Waals surface area contributed by atoms with Gasteiger partial charge in [0.1, 0.15) is 6.61 Å². The molecular formula is C11H10O. The largest absolute Gasteiger partial charge is 0.496 e. The van der Waals surface area contributed by atoms with Crippen molar-refractivity contribution >= 4 is 0 Å². The van der Waals surface area contributed by atoms with Crippen LogP contribution in [0.15, 0.2) is 42.7 Å². The highest BCUT2D eigenvalue weighted by Crippen LogP contribution is 1.99. The van der Waals surface area contributed by atoms with Crippen LogP contribution in [-0.4, -0.2) is 0 Å². The highest BCUT2D eigenvalue weighted by atomic mass is 16.5. The molecule has 0 radical (unpaired) electrons. The fraction of sp³-hybridized carbons (Fsp3) is 0.0909. The Kier molecular flexibility index (Phi) is 3.53. The van der Waals surface area contributed by atoms with E-state index in [1.165, 1.54) is 12.3 Å². The molecule has 0 heterocycles. The molecule has 0 aliphatic rings. The van der Waals surface area contributed by atoms with Crippen LogP contribution in [-0.2, 0) is 11.3 Å². The van der Waals surface area contributed by atoms with E-state index >= 15 is 0 Å². The molecule has 1 aromatic rings. The highest BCUT2D eigenvalue weighted by Gasteiger charge is 1.86. The van der Waals surface area contributed by atoms with E-state index in [9.17, 15) is 0 Å². The highest BCUT2D eigenvalue weighted by molar-refractivity contribution is 5.13. The zero-order valence-corrected chi connectivity index (χ0v) is 6.73. The van der Waals surface area contributed by atoms with Gasteiger partial charge in [-0.1, -0.05) is 36.3 Å². The van der Waals surface area contributed by atoms with Gasteiger partial charge in [-0.3, -0.25) is 0 Å². The molecule has 0 N–H and O–H groups in total. The summed E-state index contributed by atoms with van der Waals surface area (Å²) in [5, 5.41) is 0. The maximum absolute atomic E-state index is 5.14. The minimum atomic E-state index is 0.568. The molecule has 60 valence electrons. The number of rotatable bonds is 3. The molecule has 0 amide bonds. The fourth-order valence-corrected chi connectivity index (χ4v) is 0.806. The first-order valence-corrected chi connectivity index (χ1v) is 3.70. The van der Waals surface area contributed by atoms with Crippen molar-refractivity contribution in [3.8, 4) is 12.3 Å². The van der Waals surface area contributed by atoms with E-state index < -0.39 is 0 Å². The smallest absolute Gasteiger partial charge is 0.112 e. The quantitative estimate of drug-likeness (QED) is 0.484. The molecule has 1 rings (SSSR count). The molecule has 0 aromatic heterocycles. The average molecular weight is 158 g/mol. The lowest BCUT2D eigenvalue weighted by Crippen LogP contribution is -1.84. The number of benzene rings is 1. The van der Waals surface area contributed by atoms with Crippen LogP contribution in [0, 0.1) is 12.3 Å². The molecule has 0 atom stereocenters. The average Bonchev–Trinajstić information content (AvgIpc) is 2.14. The SMILES string of the molecule is C#CC=COCc1ccccc1. The second-order valence-corrected chi connectivity index (χ2v) is 2.27. The molecule has 0 saturated heterocycles. The molecule has 0 fully saturated rings. The van der Waals surface area contributed by atoms with Crippen molar-refractivity contribution in [1.82, 2.24) is 0 Å². The number of terminal acetylenes is 1. The van der Waals surface area contributed by atoms with Crippen molar-refractivity contribution in [2.24, 2.45) is 0 Å². The second-order valence-electron chi connectivity index (χ2n) is 2.27. The third-order valence-corrected chi connectivity index (χ3v) is 1.35. The van der Waals surface area contributed by atoms with Crippen molar-refractivity contribution in [2.45, 2.75) is 6.61 Å². The molecule has 0 unspecified atom stereocenters. The van der Waals surface area contributed by atoms with E-state index in [0.717, 1.165) is 5.56 Å². The minimum absolute atomic E-state index is 0.568. The van der Waals surface area contributed by atoms with Crippen molar-refractivity contribution in [2.75, 3.05) is 0 Å². The lowest BCUT2D eigenvalue weighted by atomic mass is 10.2. The van der Waals surface area contributed by atoms with E-state index in [-0.39, 0.29) is 0 Å². The number of ether oxygens (including phenoxy) is 1. The Labute approximate surface area is 72.7 Å². The van der Waals surface area contributed by atoms with Gasteiger partial charge in [0.05, 0.1) is 6.26 Å². The number of hydrogen-bond acceptors (Lipinski definition) is 1. The number of hydrogen-bond donors (Lipinski definition) is 0. The van der Waals surface area contributed by atoms with E-state index in [1.807, 2.05) is 30.3 Å². The van der Waals surface area contributed by atoms with E-state index in [1.54, 1.807) is 0 Å². The third kappa shape index (κ3) is 2.94. The summed E-state index contributed by atoms with van der Waals surface area (Å²) in [6.07, 6.45) is 8.04. The van der Waals surface area contributed by atoms with Gasteiger partial charge in [0.25, 0.3) is 0 Å². The summed E-state index contributed by atoms with van der Waals surface area (Å²) < 4.78 is 5.14. The van der Waals surface area contributed by atoms with Gasteiger partial charge in [-0.05, 0) is 5.56 Å². The summed E-state index contributed by atoms with van der Waals surface area (Å²) in [7, 11) is 0. The van der Waals surface area contributed by atoms with Crippen molar-refractivity contribution in [3.63, 3.8) is 0 Å². The van der Waals surface area contributed by atoms with Gasteiger partial charge in [-0.2, -0.15) is 0 Å². The van der Waals surface area contributed by atoms with Crippen LogP contribution in [0.3, 0.4) is 0 Å². The summed E-state index contributed by atoms with van der Waals surface area (Å²) in [6, 6.07) is 9.93. The van der Waals surface area contributed by atoms with Crippen LogP contribution in [0.5, 0.6) is 0 Å². The van der Waals surface area contributed by atoms with Gasteiger partial charge in [-0.15, -0.1) is 6.42 Å². The standard InChI is InChI=1S/C11H10O/c1-2-3-9-12-10-11-7-5-4-6-8-11/h1,3-9H,10H2. The van der Waals surface area contributed by atoms with E-state index in [2.05, 4.69) is 5.92 Å².